The van der Waals surface area contributed by atoms with E-state index in [9.17, 15) is 9.59 Å². The fraction of sp³-hybridized carbons (Fsp3) is 0.364. The second-order valence-electron chi connectivity index (χ2n) is 7.19. The number of nitrogens with one attached hydrogen (secondary N) is 2. The molecule has 0 saturated carbocycles. The van der Waals surface area contributed by atoms with E-state index < -0.39 is 0 Å². The Hall–Kier alpha value is -2.41. The van der Waals surface area contributed by atoms with Gasteiger partial charge in [-0.3, -0.25) is 14.5 Å². The minimum absolute atomic E-state index is 0.0185. The van der Waals surface area contributed by atoms with Gasteiger partial charge in [0.25, 0.3) is 0 Å². The highest BCUT2D eigenvalue weighted by Crippen LogP contribution is 2.15. The van der Waals surface area contributed by atoms with Gasteiger partial charge < -0.3 is 15.5 Å². The number of carbonyl (C=O) groups excluding carboxylic acids is 2. The quantitative estimate of drug-likeness (QED) is 0.697. The lowest BCUT2D eigenvalue weighted by atomic mass is 10.2. The van der Waals surface area contributed by atoms with E-state index in [0.717, 1.165) is 31.7 Å². The molecule has 1 saturated heterocycles. The van der Waals surface area contributed by atoms with Crippen molar-refractivity contribution in [3.05, 3.63) is 65.2 Å². The predicted octanol–water partition coefficient (Wildman–Crippen LogP) is 2.60. The number of amides is 2. The molecule has 1 aliphatic heterocycles. The molecule has 2 amide bonds. The topological polar surface area (TPSA) is 64.7 Å². The number of anilines is 1. The third-order valence-corrected chi connectivity index (χ3v) is 5.16. The van der Waals surface area contributed by atoms with E-state index in [1.807, 2.05) is 42.5 Å². The SMILES string of the molecule is O=C(CN1CCN(CCC(=O)Nc2cccc(Cl)c2)CC1)NCc1ccccc1. The maximum atomic E-state index is 12.1. The van der Waals surface area contributed by atoms with Crippen LogP contribution in [-0.2, 0) is 16.1 Å². The largest absolute Gasteiger partial charge is 0.351 e. The van der Waals surface area contributed by atoms with E-state index in [1.54, 1.807) is 12.1 Å². The summed E-state index contributed by atoms with van der Waals surface area (Å²) in [6.07, 6.45) is 0.435. The average Bonchev–Trinajstić information content (AvgIpc) is 2.72. The van der Waals surface area contributed by atoms with Gasteiger partial charge in [-0.25, -0.2) is 0 Å². The maximum Gasteiger partial charge on any atom is 0.234 e. The molecule has 1 fully saturated rings. The van der Waals surface area contributed by atoms with Crippen molar-refractivity contribution in [2.24, 2.45) is 0 Å². The minimum atomic E-state index is -0.0185. The van der Waals surface area contributed by atoms with E-state index in [1.165, 1.54) is 0 Å². The molecule has 2 aromatic rings. The van der Waals surface area contributed by atoms with Crippen LogP contribution < -0.4 is 10.6 Å². The van der Waals surface area contributed by atoms with Gasteiger partial charge in [0.05, 0.1) is 6.54 Å². The Bertz CT molecular complexity index is 807. The first kappa shape index (κ1) is 21.3. The lowest BCUT2D eigenvalue weighted by Gasteiger charge is -2.34. The summed E-state index contributed by atoms with van der Waals surface area (Å²) in [4.78, 5) is 28.7. The standard InChI is InChI=1S/C22H27ClN4O2/c23-19-7-4-8-20(15-19)25-21(28)9-10-26-11-13-27(14-12-26)17-22(29)24-16-18-5-2-1-3-6-18/h1-8,15H,9-14,16-17H2,(H,24,29)(H,25,28). The fourth-order valence-corrected chi connectivity index (χ4v) is 3.47. The van der Waals surface area contributed by atoms with Crippen LogP contribution in [-0.4, -0.2) is 60.9 Å². The summed E-state index contributed by atoms with van der Waals surface area (Å²) in [5.41, 5.74) is 1.82. The molecule has 2 N–H and O–H groups in total. The summed E-state index contributed by atoms with van der Waals surface area (Å²) in [7, 11) is 0. The molecule has 3 rings (SSSR count). The zero-order chi connectivity index (χ0) is 20.5. The molecule has 0 radical (unpaired) electrons. The number of nitrogens with zero attached hydrogens (tertiary/aromatic N) is 2. The van der Waals surface area contributed by atoms with Gasteiger partial charge in [-0.15, -0.1) is 0 Å². The third kappa shape index (κ3) is 7.49. The smallest absolute Gasteiger partial charge is 0.234 e. The highest BCUT2D eigenvalue weighted by Gasteiger charge is 2.19. The predicted molar refractivity (Wildman–Crippen MR) is 116 cm³/mol. The van der Waals surface area contributed by atoms with Crippen molar-refractivity contribution in [1.29, 1.82) is 0 Å². The summed E-state index contributed by atoms with van der Waals surface area (Å²) in [6, 6.07) is 17.1. The van der Waals surface area contributed by atoms with E-state index in [0.29, 0.717) is 36.8 Å². The van der Waals surface area contributed by atoms with Crippen LogP contribution in [0, 0.1) is 0 Å². The van der Waals surface area contributed by atoms with Crippen LogP contribution in [0.3, 0.4) is 0 Å². The normalized spacial score (nSPS) is 15.1. The number of piperazine rings is 1. The van der Waals surface area contributed by atoms with E-state index in [4.69, 9.17) is 11.6 Å². The Kier molecular flexibility index (Phi) is 8.04. The van der Waals surface area contributed by atoms with Crippen LogP contribution in [0.25, 0.3) is 0 Å². The minimum Gasteiger partial charge on any atom is -0.351 e. The van der Waals surface area contributed by atoms with Crippen LogP contribution in [0.5, 0.6) is 0 Å². The van der Waals surface area contributed by atoms with E-state index in [-0.39, 0.29) is 11.8 Å². The summed E-state index contributed by atoms with van der Waals surface area (Å²) >= 11 is 5.94. The molecule has 2 aromatic carbocycles. The monoisotopic (exact) mass is 414 g/mol. The molecule has 0 aromatic heterocycles. The molecule has 0 atom stereocenters. The van der Waals surface area contributed by atoms with Gasteiger partial charge in [0, 0.05) is 56.4 Å². The number of benzene rings is 2. The first-order valence-corrected chi connectivity index (χ1v) is 10.3. The number of hydrogen-bond donors (Lipinski definition) is 2. The number of carbonyl (C=O) groups is 2. The van der Waals surface area contributed by atoms with Crippen molar-refractivity contribution in [2.45, 2.75) is 13.0 Å². The van der Waals surface area contributed by atoms with Crippen LogP contribution in [0.4, 0.5) is 5.69 Å². The highest BCUT2D eigenvalue weighted by molar-refractivity contribution is 6.30. The van der Waals surface area contributed by atoms with Gasteiger partial charge in [-0.2, -0.15) is 0 Å². The molecule has 6 nitrogen and oxygen atoms in total. The molecule has 0 unspecified atom stereocenters. The molecule has 1 heterocycles. The van der Waals surface area contributed by atoms with Gasteiger partial charge in [-0.1, -0.05) is 48.0 Å². The highest BCUT2D eigenvalue weighted by atomic mass is 35.5. The lowest BCUT2D eigenvalue weighted by Crippen LogP contribution is -2.49. The molecule has 29 heavy (non-hydrogen) atoms. The molecule has 154 valence electrons. The second kappa shape index (κ2) is 11.0. The third-order valence-electron chi connectivity index (χ3n) is 4.93. The number of halogens is 1. The first-order chi connectivity index (χ1) is 14.1. The Morgan fingerprint density at radius 1 is 0.897 bits per heavy atom. The van der Waals surface area contributed by atoms with Crippen LogP contribution in [0.15, 0.2) is 54.6 Å². The maximum absolute atomic E-state index is 12.1. The van der Waals surface area contributed by atoms with Crippen LogP contribution in [0.2, 0.25) is 5.02 Å². The Balaban J connectivity index is 1.30. The molecular formula is C22H27ClN4O2. The van der Waals surface area contributed by atoms with Gasteiger partial charge in [0.2, 0.25) is 11.8 Å². The average molecular weight is 415 g/mol. The molecular weight excluding hydrogens is 388 g/mol. The summed E-state index contributed by atoms with van der Waals surface area (Å²) in [6.45, 7) is 5.05. The summed E-state index contributed by atoms with van der Waals surface area (Å²) < 4.78 is 0. The van der Waals surface area contributed by atoms with Gasteiger partial charge in [0.1, 0.15) is 0 Å². The Morgan fingerprint density at radius 2 is 1.62 bits per heavy atom. The fourth-order valence-electron chi connectivity index (χ4n) is 3.28. The lowest BCUT2D eigenvalue weighted by molar-refractivity contribution is -0.122. The second-order valence-corrected chi connectivity index (χ2v) is 7.63. The van der Waals surface area contributed by atoms with Gasteiger partial charge in [0.15, 0.2) is 0 Å². The zero-order valence-electron chi connectivity index (χ0n) is 16.4. The number of hydrogen-bond acceptors (Lipinski definition) is 4. The van der Waals surface area contributed by atoms with Crippen molar-refractivity contribution in [1.82, 2.24) is 15.1 Å². The van der Waals surface area contributed by atoms with Crippen molar-refractivity contribution in [3.8, 4) is 0 Å². The molecule has 0 bridgehead atoms. The molecule has 1 aliphatic rings. The van der Waals surface area contributed by atoms with E-state index >= 15 is 0 Å². The van der Waals surface area contributed by atoms with Crippen molar-refractivity contribution in [3.63, 3.8) is 0 Å². The van der Waals surface area contributed by atoms with Crippen molar-refractivity contribution in [2.75, 3.05) is 44.6 Å². The summed E-state index contributed by atoms with van der Waals surface area (Å²) in [5.74, 6) is 0.0261. The summed E-state index contributed by atoms with van der Waals surface area (Å²) in [5, 5.41) is 6.44. The zero-order valence-corrected chi connectivity index (χ0v) is 17.2. The van der Waals surface area contributed by atoms with E-state index in [2.05, 4.69) is 20.4 Å². The first-order valence-electron chi connectivity index (χ1n) is 9.89. The van der Waals surface area contributed by atoms with Gasteiger partial charge >= 0.3 is 0 Å². The molecule has 7 heteroatoms. The Morgan fingerprint density at radius 3 is 2.34 bits per heavy atom. The van der Waals surface area contributed by atoms with Crippen molar-refractivity contribution < 1.29 is 9.59 Å². The molecule has 0 aliphatic carbocycles. The van der Waals surface area contributed by atoms with Crippen LogP contribution in [0.1, 0.15) is 12.0 Å². The molecule has 0 spiro atoms. The Labute approximate surface area is 176 Å². The van der Waals surface area contributed by atoms with Crippen molar-refractivity contribution >= 4 is 29.1 Å². The number of rotatable bonds is 8. The van der Waals surface area contributed by atoms with Gasteiger partial charge in [-0.05, 0) is 23.8 Å². The van der Waals surface area contributed by atoms with Crippen LogP contribution >= 0.6 is 11.6 Å².